The summed E-state index contributed by atoms with van der Waals surface area (Å²) >= 11 is 0. The molecule has 8 rings (SSSR count). The van der Waals surface area contributed by atoms with Crippen LogP contribution >= 0.6 is 0 Å². The molecule has 4 fully saturated rings. The first-order valence-electron chi connectivity index (χ1n) is 19.7. The smallest absolute Gasteiger partial charge is 0.408 e. The number of fused-ring (bicyclic) bond motifs is 6. The molecule has 54 heavy (non-hydrogen) atoms. The fourth-order valence-electron chi connectivity index (χ4n) is 8.49. The second kappa shape index (κ2) is 14.4. The van der Waals surface area contributed by atoms with Crippen LogP contribution in [0.3, 0.4) is 0 Å². The number of hydrogen-bond acceptors (Lipinski definition) is 10. The lowest BCUT2D eigenvalue weighted by atomic mass is 10.0. The highest BCUT2D eigenvalue weighted by Crippen LogP contribution is 2.50. The van der Waals surface area contributed by atoms with E-state index < -0.39 is 74.3 Å². The van der Waals surface area contributed by atoms with Gasteiger partial charge in [-0.1, -0.05) is 50.0 Å². The number of aryl methyl sites for hydroxylation is 1. The van der Waals surface area contributed by atoms with Crippen molar-refractivity contribution < 1.29 is 37.1 Å². The van der Waals surface area contributed by atoms with Gasteiger partial charge >= 0.3 is 6.09 Å². The Bertz CT molecular complexity index is 1970. The van der Waals surface area contributed by atoms with Crippen molar-refractivity contribution in [1.82, 2.24) is 30.2 Å². The highest BCUT2D eigenvalue weighted by atomic mass is 32.2. The van der Waals surface area contributed by atoms with E-state index in [0.717, 1.165) is 50.5 Å². The molecule has 1 aromatic heterocycles. The highest BCUT2D eigenvalue weighted by Gasteiger charge is 2.62. The Labute approximate surface area is 315 Å². The van der Waals surface area contributed by atoms with Crippen LogP contribution in [0.1, 0.15) is 103 Å². The summed E-state index contributed by atoms with van der Waals surface area (Å²) in [6.07, 6.45) is 12.2. The number of aromatic nitrogens is 2. The third-order valence-corrected chi connectivity index (χ3v) is 14.0. The zero-order valence-corrected chi connectivity index (χ0v) is 31.6. The average Bonchev–Trinajstić information content (AvgIpc) is 4.08. The maximum atomic E-state index is 14.6. The lowest BCUT2D eigenvalue weighted by Crippen LogP contribution is -2.58. The summed E-state index contributed by atoms with van der Waals surface area (Å²) in [5.74, 6) is -1.62. The van der Waals surface area contributed by atoms with E-state index in [1.165, 1.54) is 4.90 Å². The predicted octanol–water partition coefficient (Wildman–Crippen LogP) is 3.97. The second-order valence-electron chi connectivity index (χ2n) is 16.4. The monoisotopic (exact) mass is 762 g/mol. The van der Waals surface area contributed by atoms with Crippen molar-refractivity contribution in [1.29, 1.82) is 0 Å². The van der Waals surface area contributed by atoms with Crippen LogP contribution in [-0.2, 0) is 35.6 Å². The van der Waals surface area contributed by atoms with Crippen LogP contribution in [0.4, 0.5) is 4.79 Å². The summed E-state index contributed by atoms with van der Waals surface area (Å²) in [6, 6.07) is 5.53. The molecule has 0 radical (unpaired) electrons. The minimum Gasteiger partial charge on any atom is -0.471 e. The van der Waals surface area contributed by atoms with Gasteiger partial charge in [0.2, 0.25) is 27.7 Å². The van der Waals surface area contributed by atoms with E-state index >= 15 is 0 Å². The number of benzene rings is 1. The number of alkyl carbamates (subject to hydrolysis) is 1. The third-order valence-electron chi connectivity index (χ3n) is 12.2. The lowest BCUT2D eigenvalue weighted by Gasteiger charge is -2.30. The summed E-state index contributed by atoms with van der Waals surface area (Å²) in [5.41, 5.74) is 0.0436. The number of sulfonamides is 1. The van der Waals surface area contributed by atoms with E-state index in [1.54, 1.807) is 0 Å². The number of ether oxygens (including phenoxy) is 2. The number of carbonyl (C=O) groups excluding carboxylic acids is 4. The second-order valence-corrected chi connectivity index (χ2v) is 18.3. The molecule has 0 spiro atoms. The number of nitrogens with one attached hydrogen (secondary N) is 3. The van der Waals surface area contributed by atoms with Crippen molar-refractivity contribution >= 4 is 44.9 Å². The van der Waals surface area contributed by atoms with Gasteiger partial charge in [0.05, 0.1) is 22.8 Å². The normalized spacial score (nSPS) is 34.1. The molecule has 2 aromatic rings. The SMILES string of the molecule is C[C@@]12C[C@H]1CCCCCc1nc3ccccc3nc1O[C@@H]1C[C@H]3C(=O)N[C@]4(C(=O)NS(=O)(=O)C5CC5)C[C@H]4/C=C\CCCCC[C@H](NC(=O)O2)C(=O)N3C1. The minimum atomic E-state index is -3.88. The van der Waals surface area contributed by atoms with E-state index in [-0.39, 0.29) is 25.3 Å². The molecule has 1 saturated heterocycles. The number of allylic oxidation sites excluding steroid dienone is 1. The highest BCUT2D eigenvalue weighted by molar-refractivity contribution is 7.91. The van der Waals surface area contributed by atoms with Crippen molar-refractivity contribution in [3.8, 4) is 5.88 Å². The number of hydrogen-bond donors (Lipinski definition) is 3. The molecular weight excluding hydrogens is 713 g/mol. The lowest BCUT2D eigenvalue weighted by molar-refractivity contribution is -0.141. The molecule has 3 N–H and O–H groups in total. The summed E-state index contributed by atoms with van der Waals surface area (Å²) in [6.45, 7) is 1.96. The summed E-state index contributed by atoms with van der Waals surface area (Å²) in [5, 5.41) is 5.15. The average molecular weight is 763 g/mol. The van der Waals surface area contributed by atoms with Gasteiger partial charge < -0.3 is 25.0 Å². The molecule has 15 heteroatoms. The Morgan fingerprint density at radius 2 is 1.72 bits per heavy atom. The van der Waals surface area contributed by atoms with Gasteiger partial charge in [0.1, 0.15) is 35.0 Å². The first kappa shape index (κ1) is 36.7. The molecule has 14 nitrogen and oxygen atoms in total. The largest absolute Gasteiger partial charge is 0.471 e. The quantitative estimate of drug-likeness (QED) is 0.387. The molecule has 4 heterocycles. The maximum absolute atomic E-state index is 14.6. The topological polar surface area (TPSA) is 186 Å². The van der Waals surface area contributed by atoms with E-state index in [4.69, 9.17) is 19.4 Å². The molecule has 0 unspecified atom stereocenters. The number of amides is 4. The molecule has 7 atom stereocenters. The number of rotatable bonds is 3. The van der Waals surface area contributed by atoms with Crippen LogP contribution in [0.25, 0.3) is 11.0 Å². The van der Waals surface area contributed by atoms with E-state index in [1.807, 2.05) is 43.3 Å². The van der Waals surface area contributed by atoms with Gasteiger partial charge in [-0.3, -0.25) is 19.1 Å². The minimum absolute atomic E-state index is 0.0243. The van der Waals surface area contributed by atoms with Crippen molar-refractivity contribution in [2.75, 3.05) is 6.54 Å². The number of carbonyl (C=O) groups is 4. The van der Waals surface area contributed by atoms with E-state index in [9.17, 15) is 27.6 Å². The van der Waals surface area contributed by atoms with Crippen LogP contribution in [0.15, 0.2) is 36.4 Å². The standard InChI is InChI=1S/C39H50N6O8S/c1-38-21-24(38)12-7-5-9-16-30-34(41-29-15-11-10-14-28(29)40-30)52-26-20-32-33(46)43-39(36(48)44-54(50,51)27-18-19-27)22-25(39)13-6-3-2-4-8-17-31(42-37(49)53-38)35(47)45(32)23-26/h6,10-11,13-15,24-27,31-32H,2-5,7-9,12,16-23H2,1H3,(H,42,49)(H,43,46)(H,44,48)/b13-6-/t24-,25-,26-,31+,32+,38-,39-/m1/s1. The first-order chi connectivity index (χ1) is 25.9. The zero-order chi connectivity index (χ0) is 37.7. The Morgan fingerprint density at radius 3 is 2.52 bits per heavy atom. The Morgan fingerprint density at radius 1 is 0.963 bits per heavy atom. The van der Waals surface area contributed by atoms with Gasteiger partial charge in [-0.25, -0.2) is 23.2 Å². The van der Waals surface area contributed by atoms with Crippen molar-refractivity contribution in [2.45, 2.75) is 138 Å². The van der Waals surface area contributed by atoms with Crippen LogP contribution in [0, 0.1) is 11.8 Å². The van der Waals surface area contributed by atoms with Gasteiger partial charge in [-0.2, -0.15) is 0 Å². The Balaban J connectivity index is 1.13. The Kier molecular flexibility index (Phi) is 9.80. The van der Waals surface area contributed by atoms with Crippen LogP contribution in [0.5, 0.6) is 5.88 Å². The van der Waals surface area contributed by atoms with Crippen LogP contribution in [0.2, 0.25) is 0 Å². The van der Waals surface area contributed by atoms with E-state index in [2.05, 4.69) is 15.4 Å². The number of nitrogens with zero attached hydrogens (tertiary/aromatic N) is 3. The predicted molar refractivity (Wildman–Crippen MR) is 197 cm³/mol. The fourth-order valence-corrected chi connectivity index (χ4v) is 9.85. The third kappa shape index (κ3) is 7.65. The van der Waals surface area contributed by atoms with Crippen molar-refractivity contribution in [3.05, 3.63) is 42.1 Å². The first-order valence-corrected chi connectivity index (χ1v) is 21.3. The molecule has 1 aromatic carbocycles. The molecule has 3 saturated carbocycles. The molecule has 4 amide bonds. The molecular formula is C39H50N6O8S. The molecule has 3 aliphatic carbocycles. The van der Waals surface area contributed by atoms with Crippen LogP contribution in [-0.4, -0.2) is 88.2 Å². The van der Waals surface area contributed by atoms with Gasteiger partial charge in [0.15, 0.2) is 0 Å². The van der Waals surface area contributed by atoms with Gasteiger partial charge in [-0.15, -0.1) is 0 Å². The molecule has 3 bridgehead atoms. The van der Waals surface area contributed by atoms with Gasteiger partial charge in [-0.05, 0) is 83.3 Å². The van der Waals surface area contributed by atoms with Crippen LogP contribution < -0.4 is 20.1 Å². The summed E-state index contributed by atoms with van der Waals surface area (Å²) < 4.78 is 40.5. The fraction of sp³-hybridized carbons (Fsp3) is 0.641. The molecule has 6 aliphatic rings. The Hall–Kier alpha value is -4.27. The van der Waals surface area contributed by atoms with E-state index in [0.29, 0.717) is 55.6 Å². The van der Waals surface area contributed by atoms with Crippen molar-refractivity contribution in [2.24, 2.45) is 11.8 Å². The number of para-hydroxylation sites is 2. The van der Waals surface area contributed by atoms with Crippen molar-refractivity contribution in [3.63, 3.8) is 0 Å². The zero-order valence-electron chi connectivity index (χ0n) is 30.8. The van der Waals surface area contributed by atoms with Gasteiger partial charge in [0, 0.05) is 18.3 Å². The molecule has 3 aliphatic heterocycles. The summed E-state index contributed by atoms with van der Waals surface area (Å²) in [7, 11) is -3.88. The molecule has 290 valence electrons. The maximum Gasteiger partial charge on any atom is 0.408 e. The summed E-state index contributed by atoms with van der Waals surface area (Å²) in [4.78, 5) is 67.4. The van der Waals surface area contributed by atoms with Gasteiger partial charge in [0.25, 0.3) is 5.91 Å².